The van der Waals surface area contributed by atoms with Crippen molar-refractivity contribution in [1.82, 2.24) is 0 Å². The van der Waals surface area contributed by atoms with Crippen LogP contribution in [0.15, 0.2) is 24.3 Å². The lowest BCUT2D eigenvalue weighted by atomic mass is 9.80. The summed E-state index contributed by atoms with van der Waals surface area (Å²) >= 11 is 0. The second kappa shape index (κ2) is 6.23. The molecule has 0 radical (unpaired) electrons. The number of ketones is 1. The van der Waals surface area contributed by atoms with Crippen molar-refractivity contribution in [2.24, 2.45) is 23.7 Å². The molecule has 0 spiro atoms. The highest BCUT2D eigenvalue weighted by Crippen LogP contribution is 2.57. The monoisotopic (exact) mass is 358 g/mol. The molecule has 2 bridgehead atoms. The third-order valence-electron chi connectivity index (χ3n) is 5.54. The van der Waals surface area contributed by atoms with Crippen molar-refractivity contribution in [3.63, 3.8) is 0 Å². The first kappa shape index (κ1) is 16.8. The summed E-state index contributed by atoms with van der Waals surface area (Å²) in [5, 5.41) is 0. The molecule has 0 amide bonds. The predicted octanol–water partition coefficient (Wildman–Crippen LogP) is 1.54. The van der Waals surface area contributed by atoms with Crippen molar-refractivity contribution >= 4 is 23.7 Å². The standard InChI is InChI=1S/C19H18O7/c1-9(20)25-12-4-2-10(3-5-12)14(21)8-24-18(22)16-11-6-13-15(7-11)26-19(23)17(13)16/h2-5,11,13,15-17H,6-8H2,1H3/t11-,13+,15-,16-,17-/m1/s1. The van der Waals surface area contributed by atoms with Crippen LogP contribution in [-0.2, 0) is 23.9 Å². The largest absolute Gasteiger partial charge is 0.462 e. The van der Waals surface area contributed by atoms with Crippen molar-refractivity contribution in [3.05, 3.63) is 29.8 Å². The van der Waals surface area contributed by atoms with Gasteiger partial charge in [0.05, 0.1) is 11.8 Å². The minimum atomic E-state index is -0.496. The number of carbonyl (C=O) groups is 4. The quantitative estimate of drug-likeness (QED) is 0.447. The molecule has 7 nitrogen and oxygen atoms in total. The minimum Gasteiger partial charge on any atom is -0.462 e. The van der Waals surface area contributed by atoms with Crippen LogP contribution in [0.3, 0.4) is 0 Å². The van der Waals surface area contributed by atoms with Gasteiger partial charge < -0.3 is 14.2 Å². The van der Waals surface area contributed by atoms with Crippen LogP contribution >= 0.6 is 0 Å². The number of hydrogen-bond acceptors (Lipinski definition) is 7. The van der Waals surface area contributed by atoms with Crippen LogP contribution in [0.5, 0.6) is 5.75 Å². The highest BCUT2D eigenvalue weighted by molar-refractivity contribution is 5.98. The van der Waals surface area contributed by atoms with Crippen LogP contribution in [0.2, 0.25) is 0 Å². The van der Waals surface area contributed by atoms with Gasteiger partial charge in [-0.15, -0.1) is 0 Å². The molecule has 7 heteroatoms. The third-order valence-corrected chi connectivity index (χ3v) is 5.54. The van der Waals surface area contributed by atoms with Crippen molar-refractivity contribution < 1.29 is 33.4 Å². The number of ether oxygens (including phenoxy) is 3. The lowest BCUT2D eigenvalue weighted by Crippen LogP contribution is -2.34. The van der Waals surface area contributed by atoms with Crippen molar-refractivity contribution in [1.29, 1.82) is 0 Å². The number of esters is 3. The molecule has 1 heterocycles. The Morgan fingerprint density at radius 1 is 1.15 bits per heavy atom. The molecule has 5 atom stereocenters. The summed E-state index contributed by atoms with van der Waals surface area (Å²) in [5.74, 6) is -1.96. The summed E-state index contributed by atoms with van der Waals surface area (Å²) in [5.41, 5.74) is 0.349. The number of hydrogen-bond donors (Lipinski definition) is 0. The van der Waals surface area contributed by atoms with Gasteiger partial charge in [0.1, 0.15) is 11.9 Å². The number of rotatable bonds is 5. The Bertz CT molecular complexity index is 780. The minimum absolute atomic E-state index is 0.0427. The topological polar surface area (TPSA) is 96.0 Å². The predicted molar refractivity (Wildman–Crippen MR) is 86.1 cm³/mol. The molecule has 0 aromatic heterocycles. The normalized spacial score (nSPS) is 30.8. The van der Waals surface area contributed by atoms with E-state index in [0.29, 0.717) is 17.7 Å². The van der Waals surface area contributed by atoms with Gasteiger partial charge in [-0.1, -0.05) is 0 Å². The maximum Gasteiger partial charge on any atom is 0.310 e. The Hall–Kier alpha value is -2.70. The maximum atomic E-state index is 12.4. The van der Waals surface area contributed by atoms with Gasteiger partial charge in [-0.2, -0.15) is 0 Å². The van der Waals surface area contributed by atoms with Crippen molar-refractivity contribution in [2.75, 3.05) is 6.61 Å². The molecule has 1 saturated heterocycles. The molecule has 4 rings (SSSR count). The Balaban J connectivity index is 1.35. The fourth-order valence-corrected chi connectivity index (χ4v) is 4.52. The van der Waals surface area contributed by atoms with Gasteiger partial charge in [-0.3, -0.25) is 19.2 Å². The van der Waals surface area contributed by atoms with Gasteiger partial charge in [0.25, 0.3) is 0 Å². The summed E-state index contributed by atoms with van der Waals surface area (Å²) in [7, 11) is 0. The second-order valence-electron chi connectivity index (χ2n) is 7.07. The van der Waals surface area contributed by atoms with E-state index in [9.17, 15) is 19.2 Å². The highest BCUT2D eigenvalue weighted by Gasteiger charge is 2.64. The Kier molecular flexibility index (Phi) is 4.01. The van der Waals surface area contributed by atoms with Crippen molar-refractivity contribution in [2.45, 2.75) is 25.9 Å². The highest BCUT2D eigenvalue weighted by atomic mass is 16.6. The molecule has 1 aromatic rings. The second-order valence-corrected chi connectivity index (χ2v) is 7.07. The third kappa shape index (κ3) is 2.77. The van der Waals surface area contributed by atoms with Crippen LogP contribution in [-0.4, -0.2) is 36.4 Å². The molecule has 2 saturated carbocycles. The Morgan fingerprint density at radius 3 is 2.58 bits per heavy atom. The maximum absolute atomic E-state index is 12.4. The van der Waals surface area contributed by atoms with Gasteiger partial charge in [0, 0.05) is 18.4 Å². The summed E-state index contributed by atoms with van der Waals surface area (Å²) in [4.78, 5) is 47.5. The average Bonchev–Trinajstić information content (AvgIpc) is 3.21. The van der Waals surface area contributed by atoms with E-state index in [4.69, 9.17) is 14.2 Å². The first-order valence-corrected chi connectivity index (χ1v) is 8.63. The summed E-state index contributed by atoms with van der Waals surface area (Å²) < 4.78 is 15.4. The first-order chi connectivity index (χ1) is 12.4. The fourth-order valence-electron chi connectivity index (χ4n) is 4.52. The molecule has 2 aliphatic carbocycles. The zero-order valence-electron chi connectivity index (χ0n) is 14.2. The summed E-state index contributed by atoms with van der Waals surface area (Å²) in [6.07, 6.45) is 1.48. The van der Waals surface area contributed by atoms with Gasteiger partial charge in [-0.05, 0) is 43.0 Å². The molecule has 0 unspecified atom stereocenters. The lowest BCUT2D eigenvalue weighted by Gasteiger charge is -2.22. The van der Waals surface area contributed by atoms with Crippen LogP contribution in [0.1, 0.15) is 30.1 Å². The zero-order chi connectivity index (χ0) is 18.4. The molecular formula is C19H18O7. The molecular weight excluding hydrogens is 340 g/mol. The summed E-state index contributed by atoms with van der Waals surface area (Å²) in [6.45, 7) is 0.904. The van der Waals surface area contributed by atoms with Crippen LogP contribution in [0, 0.1) is 23.7 Å². The molecule has 3 fully saturated rings. The van der Waals surface area contributed by atoms with E-state index in [1.54, 1.807) is 0 Å². The number of fused-ring (bicyclic) bond motifs is 1. The van der Waals surface area contributed by atoms with E-state index < -0.39 is 23.8 Å². The van der Waals surface area contributed by atoms with E-state index in [0.717, 1.165) is 6.42 Å². The van der Waals surface area contributed by atoms with Crippen LogP contribution in [0.25, 0.3) is 0 Å². The van der Waals surface area contributed by atoms with E-state index in [-0.39, 0.29) is 36.3 Å². The number of Topliss-reactive ketones (excluding diaryl/α,β-unsaturated/α-hetero) is 1. The van der Waals surface area contributed by atoms with Gasteiger partial charge in [-0.25, -0.2) is 0 Å². The van der Waals surface area contributed by atoms with E-state index in [2.05, 4.69) is 0 Å². The number of benzene rings is 1. The van der Waals surface area contributed by atoms with Gasteiger partial charge >= 0.3 is 17.9 Å². The van der Waals surface area contributed by atoms with Gasteiger partial charge in [0.2, 0.25) is 0 Å². The lowest BCUT2D eigenvalue weighted by molar-refractivity contribution is -0.154. The number of carbonyl (C=O) groups excluding carboxylic acids is 4. The van der Waals surface area contributed by atoms with Crippen LogP contribution in [0.4, 0.5) is 0 Å². The SMILES string of the molecule is CC(=O)Oc1ccc(C(=O)COC(=O)[C@@H]2[C@@H]3C[C@@H]4[C@H]2C(=O)O[C@@H]4C3)cc1. The molecule has 0 N–H and O–H groups in total. The Labute approximate surface area is 149 Å². The van der Waals surface area contributed by atoms with Crippen molar-refractivity contribution in [3.8, 4) is 5.75 Å². The molecule has 1 aromatic carbocycles. The van der Waals surface area contributed by atoms with Gasteiger partial charge in [0.15, 0.2) is 12.4 Å². The van der Waals surface area contributed by atoms with E-state index in [1.807, 2.05) is 0 Å². The molecule has 136 valence electrons. The molecule has 3 aliphatic rings. The molecule has 26 heavy (non-hydrogen) atoms. The van der Waals surface area contributed by atoms with E-state index in [1.165, 1.54) is 31.2 Å². The molecule has 1 aliphatic heterocycles. The zero-order valence-corrected chi connectivity index (χ0v) is 14.2. The smallest absolute Gasteiger partial charge is 0.310 e. The summed E-state index contributed by atoms with van der Waals surface area (Å²) in [6, 6.07) is 6.01. The van der Waals surface area contributed by atoms with E-state index >= 15 is 0 Å². The van der Waals surface area contributed by atoms with Crippen LogP contribution < -0.4 is 4.74 Å². The average molecular weight is 358 g/mol. The Morgan fingerprint density at radius 2 is 1.88 bits per heavy atom. The fraction of sp³-hybridized carbons (Fsp3) is 0.474. The first-order valence-electron chi connectivity index (χ1n) is 8.63.